The minimum Gasteiger partial charge on any atom is -0.464 e. The van der Waals surface area contributed by atoms with Crippen LogP contribution >= 0.6 is 11.8 Å². The van der Waals surface area contributed by atoms with Crippen LogP contribution in [0.2, 0.25) is 0 Å². The van der Waals surface area contributed by atoms with Gasteiger partial charge < -0.3 is 20.1 Å². The molecular weight excluding hydrogens is 376 g/mol. The molecule has 1 fully saturated rings. The highest BCUT2D eigenvalue weighted by Crippen LogP contribution is 2.33. The van der Waals surface area contributed by atoms with Gasteiger partial charge in [0.25, 0.3) is 0 Å². The predicted molar refractivity (Wildman–Crippen MR) is 109 cm³/mol. The molecule has 2 aromatic carbocycles. The summed E-state index contributed by atoms with van der Waals surface area (Å²) in [7, 11) is 0. The van der Waals surface area contributed by atoms with Crippen LogP contribution in [0.3, 0.4) is 0 Å². The highest BCUT2D eigenvalue weighted by Gasteiger charge is 2.39. The van der Waals surface area contributed by atoms with Gasteiger partial charge in [0.15, 0.2) is 0 Å². The second-order valence-corrected chi connectivity index (χ2v) is 7.21. The van der Waals surface area contributed by atoms with Gasteiger partial charge in [0, 0.05) is 11.4 Å². The molecule has 0 aromatic heterocycles. The Morgan fingerprint density at radius 3 is 2.64 bits per heavy atom. The summed E-state index contributed by atoms with van der Waals surface area (Å²) in [6.07, 6.45) is 1.94. The quantitative estimate of drug-likeness (QED) is 0.547. The third kappa shape index (κ3) is 4.86. The third-order valence-electron chi connectivity index (χ3n) is 4.25. The summed E-state index contributed by atoms with van der Waals surface area (Å²) in [5.74, 6) is 0.857. The van der Waals surface area contributed by atoms with E-state index in [1.807, 2.05) is 54.8 Å². The van der Waals surface area contributed by atoms with Crippen LogP contribution in [0.5, 0.6) is 11.5 Å². The van der Waals surface area contributed by atoms with Gasteiger partial charge in [0.1, 0.15) is 24.0 Å². The number of urea groups is 1. The van der Waals surface area contributed by atoms with Crippen LogP contribution in [-0.2, 0) is 9.53 Å². The van der Waals surface area contributed by atoms with Crippen LogP contribution in [0, 0.1) is 5.92 Å². The Morgan fingerprint density at radius 1 is 1.14 bits per heavy atom. The third-order valence-corrected chi connectivity index (χ3v) is 4.83. The average Bonchev–Trinajstić information content (AvgIpc) is 2.68. The van der Waals surface area contributed by atoms with Crippen molar-refractivity contribution in [1.82, 2.24) is 10.6 Å². The van der Waals surface area contributed by atoms with Crippen LogP contribution < -0.4 is 15.4 Å². The van der Waals surface area contributed by atoms with Crippen LogP contribution in [0.4, 0.5) is 4.79 Å². The Labute approximate surface area is 168 Å². The van der Waals surface area contributed by atoms with E-state index in [0.717, 1.165) is 5.56 Å². The number of thioether (sulfide) groups is 1. The first-order valence-electron chi connectivity index (χ1n) is 8.83. The molecule has 2 amide bonds. The molecule has 0 saturated carbocycles. The highest BCUT2D eigenvalue weighted by molar-refractivity contribution is 7.98. The van der Waals surface area contributed by atoms with Crippen molar-refractivity contribution in [2.75, 3.05) is 18.6 Å². The van der Waals surface area contributed by atoms with Crippen molar-refractivity contribution in [3.8, 4) is 11.5 Å². The number of esters is 1. The number of rotatable bonds is 7. The fourth-order valence-corrected chi connectivity index (χ4v) is 3.20. The number of amides is 2. The molecule has 2 aromatic rings. The zero-order chi connectivity index (χ0) is 19.9. The van der Waals surface area contributed by atoms with Gasteiger partial charge in [-0.05, 0) is 36.1 Å². The summed E-state index contributed by atoms with van der Waals surface area (Å²) in [4.78, 5) is 24.6. The van der Waals surface area contributed by atoms with Crippen LogP contribution in [0.25, 0.3) is 0 Å². The van der Waals surface area contributed by atoms with E-state index in [0.29, 0.717) is 29.6 Å². The average molecular weight is 398 g/mol. The largest absolute Gasteiger partial charge is 0.464 e. The number of para-hydroxylation sites is 1. The Kier molecular flexibility index (Phi) is 6.60. The number of hydrogen-bond acceptors (Lipinski definition) is 5. The Morgan fingerprint density at radius 2 is 1.89 bits per heavy atom. The van der Waals surface area contributed by atoms with Gasteiger partial charge in [-0.2, -0.15) is 11.8 Å². The molecular formula is C21H22N2O4S. The van der Waals surface area contributed by atoms with Crippen LogP contribution in [-0.4, -0.2) is 30.6 Å². The molecule has 0 unspecified atom stereocenters. The minimum atomic E-state index is -0.730. The van der Waals surface area contributed by atoms with E-state index in [9.17, 15) is 9.59 Å². The zero-order valence-corrected chi connectivity index (χ0v) is 16.3. The van der Waals surface area contributed by atoms with Crippen molar-refractivity contribution < 1.29 is 19.1 Å². The van der Waals surface area contributed by atoms with E-state index in [2.05, 4.69) is 17.2 Å². The van der Waals surface area contributed by atoms with Gasteiger partial charge in [-0.15, -0.1) is 0 Å². The molecule has 28 heavy (non-hydrogen) atoms. The predicted octanol–water partition coefficient (Wildman–Crippen LogP) is 3.87. The molecule has 0 radical (unpaired) electrons. The van der Waals surface area contributed by atoms with E-state index in [1.165, 1.54) is 0 Å². The summed E-state index contributed by atoms with van der Waals surface area (Å²) in [5.41, 5.74) is 1.05. The Hall–Kier alpha value is -2.93. The number of nitrogens with one attached hydrogen (secondary N) is 2. The lowest BCUT2D eigenvalue weighted by Crippen LogP contribution is -2.51. The number of carbonyl (C=O) groups is 2. The summed E-state index contributed by atoms with van der Waals surface area (Å²) in [6, 6.07) is 15.7. The van der Waals surface area contributed by atoms with E-state index in [-0.39, 0.29) is 0 Å². The molecule has 1 saturated heterocycles. The van der Waals surface area contributed by atoms with Gasteiger partial charge in [-0.3, -0.25) is 4.79 Å². The molecule has 0 aliphatic carbocycles. The maximum atomic E-state index is 12.6. The molecule has 1 aliphatic rings. The minimum absolute atomic E-state index is 0.307. The summed E-state index contributed by atoms with van der Waals surface area (Å²) in [6.45, 7) is 4.16. The first-order chi connectivity index (χ1) is 13.6. The Balaban J connectivity index is 1.83. The van der Waals surface area contributed by atoms with Crippen molar-refractivity contribution in [2.24, 2.45) is 5.92 Å². The second-order valence-electron chi connectivity index (χ2n) is 6.23. The first kappa shape index (κ1) is 19.8. The van der Waals surface area contributed by atoms with E-state index >= 15 is 0 Å². The van der Waals surface area contributed by atoms with Gasteiger partial charge in [0.2, 0.25) is 0 Å². The van der Waals surface area contributed by atoms with Crippen molar-refractivity contribution >= 4 is 23.8 Å². The van der Waals surface area contributed by atoms with Crippen molar-refractivity contribution in [1.29, 1.82) is 0 Å². The van der Waals surface area contributed by atoms with Crippen LogP contribution in [0.1, 0.15) is 11.6 Å². The lowest BCUT2D eigenvalue weighted by atomic mass is 9.89. The molecule has 7 heteroatoms. The fraction of sp³-hybridized carbons (Fsp3) is 0.238. The van der Waals surface area contributed by atoms with Crippen molar-refractivity contribution in [3.05, 3.63) is 72.4 Å². The Bertz CT molecular complexity index is 856. The number of ether oxygens (including phenoxy) is 2. The standard InChI is InChI=1S/C21H22N2O4S/c1-14-18(20(24)26-11-12-28-2)19(23-21(25)22-14)15-7-6-10-17(13-15)27-16-8-4-3-5-9-16/h3-10,13,18-19H,1,11-12H2,2H3,(H2,22,23,25)/t18-,19+/m0/s1. The van der Waals surface area contributed by atoms with Crippen molar-refractivity contribution in [2.45, 2.75) is 6.04 Å². The first-order valence-corrected chi connectivity index (χ1v) is 10.2. The molecule has 6 nitrogen and oxygen atoms in total. The van der Waals surface area contributed by atoms with Gasteiger partial charge in [0.05, 0.1) is 6.04 Å². The smallest absolute Gasteiger partial charge is 0.319 e. The zero-order valence-electron chi connectivity index (χ0n) is 15.5. The van der Waals surface area contributed by atoms with Gasteiger partial charge in [-0.1, -0.05) is 36.9 Å². The fourth-order valence-electron chi connectivity index (χ4n) is 2.95. The molecule has 146 valence electrons. The molecule has 2 N–H and O–H groups in total. The molecule has 1 heterocycles. The summed E-state index contributed by atoms with van der Waals surface area (Å²) in [5, 5.41) is 5.38. The number of benzene rings is 2. The molecule has 2 atom stereocenters. The second kappa shape index (κ2) is 9.32. The van der Waals surface area contributed by atoms with E-state index < -0.39 is 24.0 Å². The maximum absolute atomic E-state index is 12.6. The number of carbonyl (C=O) groups excluding carboxylic acids is 2. The SMILES string of the molecule is C=C1NC(=O)N[C@H](c2cccc(Oc3ccccc3)c2)[C@H]1C(=O)OCCSC. The number of hydrogen-bond donors (Lipinski definition) is 2. The van der Waals surface area contributed by atoms with E-state index in [4.69, 9.17) is 9.47 Å². The van der Waals surface area contributed by atoms with Gasteiger partial charge >= 0.3 is 12.0 Å². The van der Waals surface area contributed by atoms with Crippen molar-refractivity contribution in [3.63, 3.8) is 0 Å². The van der Waals surface area contributed by atoms with Crippen LogP contribution in [0.15, 0.2) is 66.9 Å². The normalized spacial score (nSPS) is 18.8. The summed E-state index contributed by atoms with van der Waals surface area (Å²) >= 11 is 1.59. The van der Waals surface area contributed by atoms with E-state index in [1.54, 1.807) is 17.8 Å². The maximum Gasteiger partial charge on any atom is 0.319 e. The summed E-state index contributed by atoms with van der Waals surface area (Å²) < 4.78 is 11.2. The topological polar surface area (TPSA) is 76.7 Å². The monoisotopic (exact) mass is 398 g/mol. The molecule has 0 bridgehead atoms. The van der Waals surface area contributed by atoms with Gasteiger partial charge in [-0.25, -0.2) is 4.79 Å². The lowest BCUT2D eigenvalue weighted by Gasteiger charge is -2.33. The molecule has 0 spiro atoms. The highest BCUT2D eigenvalue weighted by atomic mass is 32.2. The molecule has 1 aliphatic heterocycles. The molecule has 3 rings (SSSR count). The lowest BCUT2D eigenvalue weighted by molar-refractivity contribution is -0.147.